The van der Waals surface area contributed by atoms with Crippen molar-refractivity contribution in [1.82, 2.24) is 14.5 Å². The molecule has 1 amide bonds. The largest absolute Gasteiger partial charge is 0.334 e. The highest BCUT2D eigenvalue weighted by Crippen LogP contribution is 2.33. The van der Waals surface area contributed by atoms with E-state index >= 15 is 0 Å². The van der Waals surface area contributed by atoms with Gasteiger partial charge in [0, 0.05) is 34.9 Å². The fourth-order valence-corrected chi connectivity index (χ4v) is 3.86. The van der Waals surface area contributed by atoms with Crippen molar-refractivity contribution in [2.45, 2.75) is 51.7 Å². The summed E-state index contributed by atoms with van der Waals surface area (Å²) in [6.07, 6.45) is 6.37. The third kappa shape index (κ3) is 3.44. The first-order chi connectivity index (χ1) is 13.6. The van der Waals surface area contributed by atoms with Crippen LogP contribution in [0, 0.1) is 0 Å². The van der Waals surface area contributed by atoms with Crippen LogP contribution in [0.5, 0.6) is 0 Å². The molecule has 0 spiro atoms. The maximum Gasteiger partial charge on any atom is 0.246 e. The number of aromatic nitrogens is 2. The SMILES string of the molecule is CC[C@H](C(=O)N(Cc1ccccn1)C1CC1)n1cc(C(C)=O)c2ccccc21. The van der Waals surface area contributed by atoms with Gasteiger partial charge in [0.15, 0.2) is 5.78 Å². The second-order valence-electron chi connectivity index (χ2n) is 7.47. The van der Waals surface area contributed by atoms with Crippen LogP contribution in [0.2, 0.25) is 0 Å². The number of fused-ring (bicyclic) bond motifs is 1. The van der Waals surface area contributed by atoms with Crippen molar-refractivity contribution in [3.05, 3.63) is 66.1 Å². The van der Waals surface area contributed by atoms with Crippen LogP contribution in [0.4, 0.5) is 0 Å². The standard InChI is InChI=1S/C23H25N3O2/c1-3-21(26-15-20(16(2)27)19-9-4-5-10-22(19)26)23(28)25(18-11-12-18)14-17-8-6-7-13-24-17/h4-10,13,15,18,21H,3,11-12,14H2,1-2H3/t21-/m1/s1. The first-order valence-corrected chi connectivity index (χ1v) is 9.91. The number of rotatable bonds is 7. The minimum Gasteiger partial charge on any atom is -0.334 e. The van der Waals surface area contributed by atoms with Gasteiger partial charge < -0.3 is 9.47 Å². The molecule has 1 fully saturated rings. The van der Waals surface area contributed by atoms with Gasteiger partial charge in [-0.3, -0.25) is 14.6 Å². The van der Waals surface area contributed by atoms with Crippen LogP contribution in [0.25, 0.3) is 10.9 Å². The Hall–Kier alpha value is -2.95. The lowest BCUT2D eigenvalue weighted by Crippen LogP contribution is -2.38. The molecule has 5 heteroatoms. The molecule has 0 unspecified atom stereocenters. The Balaban J connectivity index is 1.71. The van der Waals surface area contributed by atoms with Crippen LogP contribution in [0.3, 0.4) is 0 Å². The molecule has 5 nitrogen and oxygen atoms in total. The summed E-state index contributed by atoms with van der Waals surface area (Å²) in [6, 6.07) is 13.6. The van der Waals surface area contributed by atoms with E-state index in [2.05, 4.69) is 4.98 Å². The molecule has 2 heterocycles. The Bertz CT molecular complexity index is 1010. The summed E-state index contributed by atoms with van der Waals surface area (Å²) in [5.74, 6) is 0.122. The number of amides is 1. The van der Waals surface area contributed by atoms with Crippen LogP contribution in [-0.2, 0) is 11.3 Å². The number of ketones is 1. The van der Waals surface area contributed by atoms with E-state index in [4.69, 9.17) is 0 Å². The van der Waals surface area contributed by atoms with Crippen LogP contribution in [-0.4, -0.2) is 32.2 Å². The molecule has 2 aromatic heterocycles. The summed E-state index contributed by atoms with van der Waals surface area (Å²) >= 11 is 0. The number of hydrogen-bond acceptors (Lipinski definition) is 3. The fraction of sp³-hybridized carbons (Fsp3) is 0.348. The van der Waals surface area contributed by atoms with Crippen molar-refractivity contribution in [3.8, 4) is 0 Å². The van der Waals surface area contributed by atoms with Crippen molar-refractivity contribution in [2.24, 2.45) is 0 Å². The molecule has 1 atom stereocenters. The quantitative estimate of drug-likeness (QED) is 0.576. The molecular formula is C23H25N3O2. The van der Waals surface area contributed by atoms with Crippen molar-refractivity contribution < 1.29 is 9.59 Å². The maximum atomic E-state index is 13.6. The number of benzene rings is 1. The molecule has 3 aromatic rings. The number of pyridine rings is 1. The Morgan fingerprint density at radius 2 is 1.93 bits per heavy atom. The van der Waals surface area contributed by atoms with Crippen molar-refractivity contribution in [1.29, 1.82) is 0 Å². The Morgan fingerprint density at radius 1 is 1.18 bits per heavy atom. The number of Topliss-reactive ketones (excluding diaryl/α,β-unsaturated/α-hetero) is 1. The average molecular weight is 375 g/mol. The molecule has 0 saturated heterocycles. The Labute approximate surface area is 165 Å². The minimum atomic E-state index is -0.331. The van der Waals surface area contributed by atoms with Gasteiger partial charge >= 0.3 is 0 Å². The highest BCUT2D eigenvalue weighted by Gasteiger charge is 2.36. The first-order valence-electron chi connectivity index (χ1n) is 9.91. The number of carbonyl (C=O) groups is 2. The van der Waals surface area contributed by atoms with Crippen molar-refractivity contribution in [3.63, 3.8) is 0 Å². The van der Waals surface area contributed by atoms with Crippen molar-refractivity contribution >= 4 is 22.6 Å². The van der Waals surface area contributed by atoms with E-state index < -0.39 is 0 Å². The molecule has 0 radical (unpaired) electrons. The summed E-state index contributed by atoms with van der Waals surface area (Å²) in [4.78, 5) is 32.1. The Kier molecular flexibility index (Phi) is 4.99. The monoisotopic (exact) mass is 375 g/mol. The first kappa shape index (κ1) is 18.4. The highest BCUT2D eigenvalue weighted by molar-refractivity contribution is 6.07. The molecule has 4 rings (SSSR count). The highest BCUT2D eigenvalue weighted by atomic mass is 16.2. The summed E-state index contributed by atoms with van der Waals surface area (Å²) in [5.41, 5.74) is 2.51. The molecule has 1 aromatic carbocycles. The van der Waals surface area contributed by atoms with E-state index in [1.54, 1.807) is 13.1 Å². The van der Waals surface area contributed by atoms with Gasteiger partial charge in [0.1, 0.15) is 6.04 Å². The molecule has 1 aliphatic rings. The number of nitrogens with zero attached hydrogens (tertiary/aromatic N) is 3. The third-order valence-corrected chi connectivity index (χ3v) is 5.46. The molecule has 0 bridgehead atoms. The smallest absolute Gasteiger partial charge is 0.246 e. The summed E-state index contributed by atoms with van der Waals surface area (Å²) < 4.78 is 1.99. The van der Waals surface area contributed by atoms with E-state index in [9.17, 15) is 9.59 Å². The van der Waals surface area contributed by atoms with Gasteiger partial charge in [0.05, 0.1) is 12.2 Å². The summed E-state index contributed by atoms with van der Waals surface area (Å²) in [6.45, 7) is 4.13. The van der Waals surface area contributed by atoms with Crippen molar-refractivity contribution in [2.75, 3.05) is 0 Å². The number of carbonyl (C=O) groups excluding carboxylic acids is 2. The molecule has 1 saturated carbocycles. The topological polar surface area (TPSA) is 55.2 Å². The third-order valence-electron chi connectivity index (χ3n) is 5.46. The summed E-state index contributed by atoms with van der Waals surface area (Å²) in [7, 11) is 0. The molecule has 0 aliphatic heterocycles. The van der Waals surface area contributed by atoms with Crippen LogP contribution >= 0.6 is 0 Å². The molecule has 0 N–H and O–H groups in total. The second kappa shape index (κ2) is 7.58. The van der Waals surface area contributed by atoms with Gasteiger partial charge in [-0.25, -0.2) is 0 Å². The average Bonchev–Trinajstić information content (AvgIpc) is 3.48. The van der Waals surface area contributed by atoms with E-state index in [0.717, 1.165) is 29.4 Å². The molecular weight excluding hydrogens is 350 g/mol. The number of para-hydroxylation sites is 1. The fourth-order valence-electron chi connectivity index (χ4n) is 3.86. The second-order valence-corrected chi connectivity index (χ2v) is 7.47. The maximum absolute atomic E-state index is 13.6. The van der Waals surface area contributed by atoms with E-state index in [1.165, 1.54) is 0 Å². The van der Waals surface area contributed by atoms with Crippen LogP contribution < -0.4 is 0 Å². The zero-order valence-corrected chi connectivity index (χ0v) is 16.3. The normalized spacial score (nSPS) is 14.8. The lowest BCUT2D eigenvalue weighted by atomic mass is 10.1. The lowest BCUT2D eigenvalue weighted by Gasteiger charge is -2.28. The van der Waals surface area contributed by atoms with Gasteiger partial charge in [-0.1, -0.05) is 31.2 Å². The van der Waals surface area contributed by atoms with E-state index in [1.807, 2.05) is 65.1 Å². The van der Waals surface area contributed by atoms with Gasteiger partial charge in [-0.2, -0.15) is 0 Å². The zero-order valence-electron chi connectivity index (χ0n) is 16.3. The van der Waals surface area contributed by atoms with Gasteiger partial charge in [-0.05, 0) is 44.4 Å². The lowest BCUT2D eigenvalue weighted by molar-refractivity contribution is -0.136. The zero-order chi connectivity index (χ0) is 19.7. The van der Waals surface area contributed by atoms with Gasteiger partial charge in [0.25, 0.3) is 0 Å². The predicted octanol–water partition coefficient (Wildman–Crippen LogP) is 4.38. The van der Waals surface area contributed by atoms with Gasteiger partial charge in [-0.15, -0.1) is 0 Å². The van der Waals surface area contributed by atoms with Gasteiger partial charge in [0.2, 0.25) is 5.91 Å². The Morgan fingerprint density at radius 3 is 2.57 bits per heavy atom. The van der Waals surface area contributed by atoms with Crippen LogP contribution in [0.1, 0.15) is 55.2 Å². The summed E-state index contributed by atoms with van der Waals surface area (Å²) in [5, 5.41) is 0.906. The molecule has 28 heavy (non-hydrogen) atoms. The van der Waals surface area contributed by atoms with E-state index in [0.29, 0.717) is 18.5 Å². The van der Waals surface area contributed by atoms with E-state index in [-0.39, 0.29) is 23.8 Å². The number of hydrogen-bond donors (Lipinski definition) is 0. The molecule has 144 valence electrons. The predicted molar refractivity (Wildman–Crippen MR) is 109 cm³/mol. The molecule has 1 aliphatic carbocycles. The van der Waals surface area contributed by atoms with Crippen LogP contribution in [0.15, 0.2) is 54.9 Å². The minimum absolute atomic E-state index is 0.0183.